The minimum atomic E-state index is -0.463. The lowest BCUT2D eigenvalue weighted by molar-refractivity contribution is 0.00635. The van der Waals surface area contributed by atoms with Gasteiger partial charge in [0.1, 0.15) is 5.60 Å². The third kappa shape index (κ3) is 3.26. The molecule has 2 heterocycles. The summed E-state index contributed by atoms with van der Waals surface area (Å²) >= 11 is 1.55. The first kappa shape index (κ1) is 12.5. The molecular formula is C12H18N2O2S. The lowest BCUT2D eigenvalue weighted by Gasteiger charge is -2.18. The molecule has 2 rings (SSSR count). The van der Waals surface area contributed by atoms with Crippen LogP contribution in [0.15, 0.2) is 5.38 Å². The molecule has 0 spiro atoms. The number of aromatic nitrogens is 1. The van der Waals surface area contributed by atoms with Crippen LogP contribution in [0.2, 0.25) is 0 Å². The maximum atomic E-state index is 11.8. The van der Waals surface area contributed by atoms with Gasteiger partial charge in [0.25, 0.3) is 0 Å². The summed E-state index contributed by atoms with van der Waals surface area (Å²) in [5, 5.41) is 6.13. The molecule has 5 heteroatoms. The second-order valence-corrected chi connectivity index (χ2v) is 6.15. The van der Waals surface area contributed by atoms with E-state index in [0.29, 0.717) is 11.6 Å². The first-order chi connectivity index (χ1) is 7.96. The van der Waals surface area contributed by atoms with Gasteiger partial charge in [-0.15, -0.1) is 11.3 Å². The van der Waals surface area contributed by atoms with Crippen LogP contribution in [0.5, 0.6) is 0 Å². The zero-order valence-corrected chi connectivity index (χ0v) is 11.3. The van der Waals surface area contributed by atoms with Gasteiger partial charge in [0.15, 0.2) is 5.69 Å². The van der Waals surface area contributed by atoms with Gasteiger partial charge in [0.05, 0.1) is 5.01 Å². The molecule has 17 heavy (non-hydrogen) atoms. The van der Waals surface area contributed by atoms with Crippen molar-refractivity contribution in [1.29, 1.82) is 0 Å². The maximum Gasteiger partial charge on any atom is 0.358 e. The van der Waals surface area contributed by atoms with Crippen molar-refractivity contribution in [3.63, 3.8) is 0 Å². The van der Waals surface area contributed by atoms with E-state index in [9.17, 15) is 4.79 Å². The van der Waals surface area contributed by atoms with E-state index in [2.05, 4.69) is 10.3 Å². The molecule has 0 aromatic carbocycles. The maximum absolute atomic E-state index is 11.8. The molecule has 1 N–H and O–H groups in total. The normalized spacial score (nSPS) is 20.5. The van der Waals surface area contributed by atoms with Crippen LogP contribution in [0, 0.1) is 0 Å². The molecule has 94 valence electrons. The molecule has 1 fully saturated rings. The quantitative estimate of drug-likeness (QED) is 0.822. The average Bonchev–Trinajstić information content (AvgIpc) is 2.86. The zero-order valence-electron chi connectivity index (χ0n) is 10.4. The van der Waals surface area contributed by atoms with Gasteiger partial charge in [-0.05, 0) is 33.7 Å². The molecule has 1 unspecified atom stereocenters. The van der Waals surface area contributed by atoms with Gasteiger partial charge in [-0.2, -0.15) is 0 Å². The highest BCUT2D eigenvalue weighted by atomic mass is 32.1. The van der Waals surface area contributed by atoms with Crippen LogP contribution < -0.4 is 5.32 Å². The third-order valence-electron chi connectivity index (χ3n) is 2.54. The van der Waals surface area contributed by atoms with Crippen LogP contribution in [0.4, 0.5) is 0 Å². The van der Waals surface area contributed by atoms with Crippen molar-refractivity contribution in [3.05, 3.63) is 16.1 Å². The fraction of sp³-hybridized carbons (Fsp3) is 0.667. The Kier molecular flexibility index (Phi) is 3.49. The number of hydrogen-bond acceptors (Lipinski definition) is 5. The second-order valence-electron chi connectivity index (χ2n) is 5.26. The van der Waals surface area contributed by atoms with E-state index in [1.54, 1.807) is 16.7 Å². The minimum Gasteiger partial charge on any atom is -0.455 e. The molecule has 1 aromatic heterocycles. The van der Waals surface area contributed by atoms with Crippen molar-refractivity contribution >= 4 is 17.3 Å². The van der Waals surface area contributed by atoms with Crippen LogP contribution in [0.25, 0.3) is 0 Å². The summed E-state index contributed by atoms with van der Waals surface area (Å²) in [6, 6.07) is 0. The number of nitrogens with zero attached hydrogens (tertiary/aromatic N) is 1. The van der Waals surface area contributed by atoms with E-state index in [4.69, 9.17) is 4.74 Å². The Morgan fingerprint density at radius 1 is 1.59 bits per heavy atom. The summed E-state index contributed by atoms with van der Waals surface area (Å²) in [6.45, 7) is 7.57. The summed E-state index contributed by atoms with van der Waals surface area (Å²) in [4.78, 5) is 16.2. The lowest BCUT2D eigenvalue weighted by Crippen LogP contribution is -2.24. The van der Waals surface area contributed by atoms with Crippen LogP contribution in [0.3, 0.4) is 0 Å². The predicted octanol–water partition coefficient (Wildman–Crippen LogP) is 2.18. The predicted molar refractivity (Wildman–Crippen MR) is 67.5 cm³/mol. The molecule has 0 amide bonds. The van der Waals surface area contributed by atoms with Gasteiger partial charge in [0.2, 0.25) is 0 Å². The number of hydrogen-bond donors (Lipinski definition) is 1. The van der Waals surface area contributed by atoms with Crippen molar-refractivity contribution in [2.45, 2.75) is 38.7 Å². The summed E-state index contributed by atoms with van der Waals surface area (Å²) in [7, 11) is 0. The highest BCUT2D eigenvalue weighted by Crippen LogP contribution is 2.26. The number of esters is 1. The van der Waals surface area contributed by atoms with Crippen LogP contribution in [-0.2, 0) is 4.74 Å². The summed E-state index contributed by atoms with van der Waals surface area (Å²) in [6.07, 6.45) is 1.10. The van der Waals surface area contributed by atoms with Crippen LogP contribution >= 0.6 is 11.3 Å². The molecule has 1 atom stereocenters. The van der Waals surface area contributed by atoms with E-state index in [1.165, 1.54) is 0 Å². The van der Waals surface area contributed by atoms with Crippen molar-refractivity contribution in [2.75, 3.05) is 13.1 Å². The molecule has 1 aliphatic heterocycles. The molecule has 0 aliphatic carbocycles. The smallest absolute Gasteiger partial charge is 0.358 e. The monoisotopic (exact) mass is 254 g/mol. The second kappa shape index (κ2) is 4.74. The molecule has 0 radical (unpaired) electrons. The first-order valence-corrected chi connectivity index (χ1v) is 6.73. The van der Waals surface area contributed by atoms with Crippen molar-refractivity contribution in [1.82, 2.24) is 10.3 Å². The molecule has 0 saturated carbocycles. The summed E-state index contributed by atoms with van der Waals surface area (Å²) in [5.74, 6) is 0.127. The van der Waals surface area contributed by atoms with Gasteiger partial charge < -0.3 is 10.1 Å². The fourth-order valence-electron chi connectivity index (χ4n) is 1.76. The highest BCUT2D eigenvalue weighted by Gasteiger charge is 2.24. The molecule has 1 aliphatic rings. The van der Waals surface area contributed by atoms with E-state index in [0.717, 1.165) is 24.5 Å². The van der Waals surface area contributed by atoms with Crippen molar-refractivity contribution in [2.24, 2.45) is 0 Å². The first-order valence-electron chi connectivity index (χ1n) is 5.85. The molecular weight excluding hydrogens is 236 g/mol. The van der Waals surface area contributed by atoms with E-state index >= 15 is 0 Å². The molecule has 1 saturated heterocycles. The number of thiazole rings is 1. The number of ether oxygens (including phenoxy) is 1. The Labute approximate surface area is 105 Å². The van der Waals surface area contributed by atoms with Crippen molar-refractivity contribution in [3.8, 4) is 0 Å². The molecule has 0 bridgehead atoms. The Morgan fingerprint density at radius 3 is 2.94 bits per heavy atom. The van der Waals surface area contributed by atoms with Crippen LogP contribution in [-0.4, -0.2) is 29.6 Å². The number of rotatable bonds is 2. The molecule has 4 nitrogen and oxygen atoms in total. The molecule has 1 aromatic rings. The van der Waals surface area contributed by atoms with E-state index in [-0.39, 0.29) is 5.97 Å². The summed E-state index contributed by atoms with van der Waals surface area (Å²) < 4.78 is 5.29. The standard InChI is InChI=1S/C12H18N2O2S/c1-12(2,3)16-11(15)9-7-17-10(14-9)8-4-5-13-6-8/h7-8,13H,4-6H2,1-3H3. The summed E-state index contributed by atoms with van der Waals surface area (Å²) in [5.41, 5.74) is -0.0256. The largest absolute Gasteiger partial charge is 0.455 e. The number of nitrogens with one attached hydrogen (secondary N) is 1. The van der Waals surface area contributed by atoms with Gasteiger partial charge >= 0.3 is 5.97 Å². The number of carbonyl (C=O) groups excluding carboxylic acids is 1. The van der Waals surface area contributed by atoms with Gasteiger partial charge in [-0.1, -0.05) is 0 Å². The van der Waals surface area contributed by atoms with Gasteiger partial charge in [-0.3, -0.25) is 0 Å². The Bertz CT molecular complexity index is 403. The minimum absolute atomic E-state index is 0.328. The Balaban J connectivity index is 2.04. The highest BCUT2D eigenvalue weighted by molar-refractivity contribution is 7.09. The van der Waals surface area contributed by atoms with E-state index in [1.807, 2.05) is 20.8 Å². The lowest BCUT2D eigenvalue weighted by atomic mass is 10.1. The average molecular weight is 254 g/mol. The third-order valence-corrected chi connectivity index (χ3v) is 3.55. The SMILES string of the molecule is CC(C)(C)OC(=O)c1csc(C2CCNC2)n1. The number of carbonyl (C=O) groups is 1. The van der Waals surface area contributed by atoms with Gasteiger partial charge in [-0.25, -0.2) is 9.78 Å². The van der Waals surface area contributed by atoms with Gasteiger partial charge in [0, 0.05) is 17.8 Å². The van der Waals surface area contributed by atoms with E-state index < -0.39 is 5.60 Å². The topological polar surface area (TPSA) is 51.2 Å². The zero-order chi connectivity index (χ0) is 12.5. The Hall–Kier alpha value is -0.940. The van der Waals surface area contributed by atoms with Crippen LogP contribution in [0.1, 0.15) is 48.6 Å². The Morgan fingerprint density at radius 2 is 2.35 bits per heavy atom. The fourth-order valence-corrected chi connectivity index (χ4v) is 2.69. The van der Waals surface area contributed by atoms with Crippen molar-refractivity contribution < 1.29 is 9.53 Å².